The van der Waals surface area contributed by atoms with E-state index in [4.69, 9.17) is 9.15 Å². The Morgan fingerprint density at radius 1 is 1.00 bits per heavy atom. The van der Waals surface area contributed by atoms with Crippen LogP contribution in [0, 0.1) is 0 Å². The van der Waals surface area contributed by atoms with E-state index < -0.39 is 5.91 Å². The van der Waals surface area contributed by atoms with Crippen molar-refractivity contribution in [3.8, 4) is 5.75 Å². The van der Waals surface area contributed by atoms with E-state index in [2.05, 4.69) is 15.8 Å². The average molecular weight is 357 g/mol. The highest BCUT2D eigenvalue weighted by molar-refractivity contribution is 7.99. The molecule has 3 aromatic rings. The van der Waals surface area contributed by atoms with Gasteiger partial charge >= 0.3 is 0 Å². The first-order valence-corrected chi connectivity index (χ1v) is 8.43. The number of hydrogen-bond acceptors (Lipinski definition) is 6. The van der Waals surface area contributed by atoms with Crippen molar-refractivity contribution in [2.24, 2.45) is 0 Å². The number of aromatic nitrogens is 1. The summed E-state index contributed by atoms with van der Waals surface area (Å²) in [5, 5.41) is 0.398. The normalized spacial score (nSPS) is 10.4. The van der Waals surface area contributed by atoms with Gasteiger partial charge in [-0.05, 0) is 24.3 Å². The van der Waals surface area contributed by atoms with Gasteiger partial charge in [0.05, 0.1) is 5.75 Å². The fraction of sp³-hybridized carbons (Fsp3) is 0.118. The number of carbonyl (C=O) groups excluding carboxylic acids is 2. The zero-order chi connectivity index (χ0) is 17.5. The van der Waals surface area contributed by atoms with Crippen LogP contribution in [0.4, 0.5) is 0 Å². The van der Waals surface area contributed by atoms with Gasteiger partial charge in [-0.1, -0.05) is 42.1 Å². The fourth-order valence-corrected chi connectivity index (χ4v) is 2.56. The van der Waals surface area contributed by atoms with Gasteiger partial charge in [-0.2, -0.15) is 0 Å². The highest BCUT2D eigenvalue weighted by Crippen LogP contribution is 2.22. The van der Waals surface area contributed by atoms with Crippen LogP contribution < -0.4 is 15.6 Å². The summed E-state index contributed by atoms with van der Waals surface area (Å²) < 4.78 is 10.8. The maximum absolute atomic E-state index is 11.8. The van der Waals surface area contributed by atoms with Crippen molar-refractivity contribution in [2.45, 2.75) is 5.22 Å². The van der Waals surface area contributed by atoms with E-state index in [0.29, 0.717) is 16.6 Å². The highest BCUT2D eigenvalue weighted by atomic mass is 32.2. The standard InChI is InChI=1S/C17H15N3O4S/c21-15(10-23-12-6-2-1-3-7-12)19-20-16(22)11-25-17-18-13-8-4-5-9-14(13)24-17/h1-9H,10-11H2,(H,19,21)(H,20,22). The van der Waals surface area contributed by atoms with Crippen molar-refractivity contribution in [1.82, 2.24) is 15.8 Å². The minimum atomic E-state index is -0.455. The Morgan fingerprint density at radius 3 is 2.52 bits per heavy atom. The molecule has 25 heavy (non-hydrogen) atoms. The van der Waals surface area contributed by atoms with Gasteiger partial charge < -0.3 is 9.15 Å². The van der Waals surface area contributed by atoms with Crippen LogP contribution in [-0.4, -0.2) is 29.2 Å². The third-order valence-corrected chi connectivity index (χ3v) is 3.88. The van der Waals surface area contributed by atoms with Crippen molar-refractivity contribution in [3.63, 3.8) is 0 Å². The third-order valence-electron chi connectivity index (χ3n) is 3.06. The second-order valence-electron chi connectivity index (χ2n) is 4.93. The van der Waals surface area contributed by atoms with Crippen molar-refractivity contribution < 1.29 is 18.7 Å². The topological polar surface area (TPSA) is 93.5 Å². The number of fused-ring (bicyclic) bond motifs is 1. The second kappa shape index (κ2) is 8.20. The van der Waals surface area contributed by atoms with Crippen molar-refractivity contribution in [3.05, 3.63) is 54.6 Å². The van der Waals surface area contributed by atoms with Gasteiger partial charge in [-0.15, -0.1) is 0 Å². The quantitative estimate of drug-likeness (QED) is 0.519. The molecule has 0 aliphatic rings. The first-order valence-electron chi connectivity index (χ1n) is 7.44. The molecule has 0 spiro atoms. The summed E-state index contributed by atoms with van der Waals surface area (Å²) in [5.74, 6) is -0.188. The van der Waals surface area contributed by atoms with E-state index >= 15 is 0 Å². The molecule has 7 nitrogen and oxygen atoms in total. The number of carbonyl (C=O) groups is 2. The van der Waals surface area contributed by atoms with Crippen LogP contribution in [0.3, 0.4) is 0 Å². The largest absolute Gasteiger partial charge is 0.484 e. The Balaban J connectivity index is 1.38. The van der Waals surface area contributed by atoms with E-state index in [1.165, 1.54) is 0 Å². The summed E-state index contributed by atoms with van der Waals surface area (Å²) in [6.45, 7) is -0.192. The number of hydrazine groups is 1. The van der Waals surface area contributed by atoms with Gasteiger partial charge in [-0.3, -0.25) is 20.4 Å². The fourth-order valence-electron chi connectivity index (χ4n) is 1.92. The number of oxazole rings is 1. The minimum Gasteiger partial charge on any atom is -0.484 e. The predicted molar refractivity (Wildman–Crippen MR) is 93.0 cm³/mol. The number of benzene rings is 2. The Kier molecular flexibility index (Phi) is 5.53. The molecule has 0 bridgehead atoms. The minimum absolute atomic E-state index is 0.0621. The van der Waals surface area contributed by atoms with Crippen LogP contribution in [0.1, 0.15) is 0 Å². The van der Waals surface area contributed by atoms with Crippen molar-refractivity contribution in [2.75, 3.05) is 12.4 Å². The van der Waals surface area contributed by atoms with Crippen LogP contribution in [0.2, 0.25) is 0 Å². The lowest BCUT2D eigenvalue weighted by Gasteiger charge is -2.08. The number of rotatable bonds is 6. The number of ether oxygens (including phenoxy) is 1. The third kappa shape index (κ3) is 4.98. The van der Waals surface area contributed by atoms with Crippen LogP contribution in [-0.2, 0) is 9.59 Å². The van der Waals surface area contributed by atoms with E-state index in [0.717, 1.165) is 17.3 Å². The molecule has 0 fully saturated rings. The van der Waals surface area contributed by atoms with Crippen molar-refractivity contribution >= 4 is 34.7 Å². The molecule has 2 amide bonds. The van der Waals surface area contributed by atoms with E-state index in [1.54, 1.807) is 30.3 Å². The molecule has 2 aromatic carbocycles. The van der Waals surface area contributed by atoms with Gasteiger partial charge in [0, 0.05) is 0 Å². The molecule has 0 saturated heterocycles. The molecule has 0 unspecified atom stereocenters. The summed E-state index contributed by atoms with van der Waals surface area (Å²) >= 11 is 1.14. The molecular weight excluding hydrogens is 342 g/mol. The first kappa shape index (κ1) is 16.8. The van der Waals surface area contributed by atoms with Crippen molar-refractivity contribution in [1.29, 1.82) is 0 Å². The molecule has 128 valence electrons. The Hall–Kier alpha value is -3.00. The molecule has 0 saturated carbocycles. The monoisotopic (exact) mass is 357 g/mol. The lowest BCUT2D eigenvalue weighted by molar-refractivity contribution is -0.128. The predicted octanol–water partition coefficient (Wildman–Crippen LogP) is 2.15. The lowest BCUT2D eigenvalue weighted by Crippen LogP contribution is -2.44. The average Bonchev–Trinajstić information content (AvgIpc) is 3.07. The summed E-state index contributed by atoms with van der Waals surface area (Å²) in [7, 11) is 0. The highest BCUT2D eigenvalue weighted by Gasteiger charge is 2.10. The van der Waals surface area contributed by atoms with Crippen LogP contribution in [0.25, 0.3) is 11.1 Å². The van der Waals surface area contributed by atoms with E-state index in [-0.39, 0.29) is 18.3 Å². The molecule has 0 radical (unpaired) electrons. The molecule has 1 aromatic heterocycles. The second-order valence-corrected chi connectivity index (χ2v) is 5.86. The molecule has 2 N–H and O–H groups in total. The number of nitrogens with one attached hydrogen (secondary N) is 2. The molecule has 0 aliphatic carbocycles. The molecule has 0 aliphatic heterocycles. The van der Waals surface area contributed by atoms with Crippen LogP contribution in [0.15, 0.2) is 64.2 Å². The number of hydrogen-bond donors (Lipinski definition) is 2. The molecule has 3 rings (SSSR count). The van der Waals surface area contributed by atoms with Crippen LogP contribution in [0.5, 0.6) is 5.75 Å². The maximum Gasteiger partial charge on any atom is 0.276 e. The zero-order valence-corrected chi connectivity index (χ0v) is 13.9. The van der Waals surface area contributed by atoms with Gasteiger partial charge in [-0.25, -0.2) is 4.98 Å². The zero-order valence-electron chi connectivity index (χ0n) is 13.1. The smallest absolute Gasteiger partial charge is 0.276 e. The maximum atomic E-state index is 11.8. The van der Waals surface area contributed by atoms with Gasteiger partial charge in [0.25, 0.3) is 11.1 Å². The van der Waals surface area contributed by atoms with Crippen LogP contribution >= 0.6 is 11.8 Å². The van der Waals surface area contributed by atoms with E-state index in [1.807, 2.05) is 24.3 Å². The number of nitrogens with zero attached hydrogens (tertiary/aromatic N) is 1. The first-order chi connectivity index (χ1) is 12.2. The van der Waals surface area contributed by atoms with Gasteiger partial charge in [0.2, 0.25) is 5.91 Å². The lowest BCUT2D eigenvalue weighted by atomic mass is 10.3. The summed E-state index contributed by atoms with van der Waals surface area (Å²) in [6.07, 6.45) is 0. The molecule has 0 atom stereocenters. The molecular formula is C17H15N3O4S. The summed E-state index contributed by atoms with van der Waals surface area (Å²) in [6, 6.07) is 16.3. The number of para-hydroxylation sites is 3. The Bertz CT molecular complexity index is 833. The molecule has 1 heterocycles. The number of thioether (sulfide) groups is 1. The van der Waals surface area contributed by atoms with Gasteiger partial charge in [0.1, 0.15) is 11.3 Å². The number of amides is 2. The van der Waals surface area contributed by atoms with Gasteiger partial charge in [0.15, 0.2) is 12.2 Å². The SMILES string of the molecule is O=C(COc1ccccc1)NNC(=O)CSc1nc2ccccc2o1. The molecule has 8 heteroatoms. The summed E-state index contributed by atoms with van der Waals surface area (Å²) in [5.41, 5.74) is 6.00. The summed E-state index contributed by atoms with van der Waals surface area (Å²) in [4.78, 5) is 27.6. The Labute approximate surface area is 147 Å². The Morgan fingerprint density at radius 2 is 1.72 bits per heavy atom. The van der Waals surface area contributed by atoms with E-state index in [9.17, 15) is 9.59 Å².